The molecule has 0 aromatic heterocycles. The first-order chi connectivity index (χ1) is 14.3. The normalized spacial score (nSPS) is 11.4. The highest BCUT2D eigenvalue weighted by molar-refractivity contribution is 5.94. The lowest BCUT2D eigenvalue weighted by atomic mass is 10.1. The molecular formula is C20H22N4O6. The molecule has 0 aliphatic rings. The summed E-state index contributed by atoms with van der Waals surface area (Å²) in [7, 11) is 0. The van der Waals surface area contributed by atoms with Crippen molar-refractivity contribution in [2.75, 3.05) is 13.1 Å². The Balaban J connectivity index is 1.67. The monoisotopic (exact) mass is 414 g/mol. The standard InChI is InChI=1S/C20H22N4O6/c1-14(13-22-20(26)16-6-10-18(11-7-16)24(29)30)3-2-12-21-19(25)15-4-8-17(9-5-15)23(27)28/h4-11,14H,2-3,12-13H2,1H3,(H,21,25)(H,22,26)/t14-/m0/s1. The quantitative estimate of drug-likeness (QED) is 0.347. The number of rotatable bonds is 10. The number of nitrogens with one attached hydrogen (secondary N) is 2. The van der Waals surface area contributed by atoms with Crippen molar-refractivity contribution in [2.45, 2.75) is 19.8 Å². The smallest absolute Gasteiger partial charge is 0.269 e. The molecule has 0 bridgehead atoms. The van der Waals surface area contributed by atoms with Gasteiger partial charge in [-0.15, -0.1) is 0 Å². The number of amides is 2. The summed E-state index contributed by atoms with van der Waals surface area (Å²) < 4.78 is 0. The van der Waals surface area contributed by atoms with Crippen molar-refractivity contribution in [3.63, 3.8) is 0 Å². The second-order valence-electron chi connectivity index (χ2n) is 6.82. The summed E-state index contributed by atoms with van der Waals surface area (Å²) in [6.07, 6.45) is 1.47. The largest absolute Gasteiger partial charge is 0.352 e. The van der Waals surface area contributed by atoms with Gasteiger partial charge in [0, 0.05) is 48.5 Å². The molecule has 0 aliphatic carbocycles. The first-order valence-electron chi connectivity index (χ1n) is 9.33. The van der Waals surface area contributed by atoms with Crippen LogP contribution in [0.5, 0.6) is 0 Å². The fourth-order valence-electron chi connectivity index (χ4n) is 2.69. The lowest BCUT2D eigenvalue weighted by molar-refractivity contribution is -0.385. The Hall–Kier alpha value is -3.82. The lowest BCUT2D eigenvalue weighted by Gasteiger charge is -2.13. The Morgan fingerprint density at radius 1 is 0.833 bits per heavy atom. The number of hydrogen-bond donors (Lipinski definition) is 2. The molecule has 10 heteroatoms. The van der Waals surface area contributed by atoms with Gasteiger partial charge < -0.3 is 10.6 Å². The minimum atomic E-state index is -0.524. The summed E-state index contributed by atoms with van der Waals surface area (Å²) in [6.45, 7) is 2.84. The molecule has 1 atom stereocenters. The van der Waals surface area contributed by atoms with E-state index < -0.39 is 9.85 Å². The molecule has 0 aliphatic heterocycles. The van der Waals surface area contributed by atoms with Gasteiger partial charge in [0.15, 0.2) is 0 Å². The third kappa shape index (κ3) is 6.66. The van der Waals surface area contributed by atoms with Crippen LogP contribution in [0.3, 0.4) is 0 Å². The van der Waals surface area contributed by atoms with Crippen molar-refractivity contribution in [3.8, 4) is 0 Å². The molecule has 30 heavy (non-hydrogen) atoms. The number of nitro groups is 2. The van der Waals surface area contributed by atoms with E-state index in [9.17, 15) is 29.8 Å². The number of nitrogens with zero attached hydrogens (tertiary/aromatic N) is 2. The van der Waals surface area contributed by atoms with Crippen LogP contribution >= 0.6 is 0 Å². The van der Waals surface area contributed by atoms with Gasteiger partial charge in [-0.1, -0.05) is 6.92 Å². The van der Waals surface area contributed by atoms with Crippen LogP contribution in [0, 0.1) is 26.1 Å². The van der Waals surface area contributed by atoms with Gasteiger partial charge >= 0.3 is 0 Å². The molecule has 2 aromatic carbocycles. The highest BCUT2D eigenvalue weighted by Gasteiger charge is 2.12. The number of carbonyl (C=O) groups excluding carboxylic acids is 2. The molecule has 0 saturated heterocycles. The molecule has 0 fully saturated rings. The van der Waals surface area contributed by atoms with Crippen LogP contribution in [0.25, 0.3) is 0 Å². The summed E-state index contributed by atoms with van der Waals surface area (Å²) in [5.41, 5.74) is 0.555. The summed E-state index contributed by atoms with van der Waals surface area (Å²) in [4.78, 5) is 44.3. The Kier molecular flexibility index (Phi) is 7.98. The Labute approximate surface area is 172 Å². The average Bonchev–Trinajstić information content (AvgIpc) is 2.75. The van der Waals surface area contributed by atoms with E-state index in [1.165, 1.54) is 48.5 Å². The fraction of sp³-hybridized carbons (Fsp3) is 0.300. The summed E-state index contributed by atoms with van der Waals surface area (Å²) in [6, 6.07) is 10.8. The van der Waals surface area contributed by atoms with Crippen LogP contribution in [-0.4, -0.2) is 34.8 Å². The maximum Gasteiger partial charge on any atom is 0.269 e. The van der Waals surface area contributed by atoms with Gasteiger partial charge in [-0.2, -0.15) is 0 Å². The van der Waals surface area contributed by atoms with Gasteiger partial charge in [0.2, 0.25) is 0 Å². The highest BCUT2D eigenvalue weighted by atomic mass is 16.6. The summed E-state index contributed by atoms with van der Waals surface area (Å²) >= 11 is 0. The van der Waals surface area contributed by atoms with Crippen molar-refractivity contribution >= 4 is 23.2 Å². The molecule has 2 aromatic rings. The molecule has 0 radical (unpaired) electrons. The molecule has 2 amide bonds. The molecule has 0 unspecified atom stereocenters. The second-order valence-corrected chi connectivity index (χ2v) is 6.82. The SMILES string of the molecule is C[C@@H](CCCNC(=O)c1ccc([N+](=O)[O-])cc1)CNC(=O)c1ccc([N+](=O)[O-])cc1. The van der Waals surface area contributed by atoms with Crippen molar-refractivity contribution < 1.29 is 19.4 Å². The van der Waals surface area contributed by atoms with Gasteiger partial charge in [-0.25, -0.2) is 0 Å². The molecule has 10 nitrogen and oxygen atoms in total. The van der Waals surface area contributed by atoms with Crippen molar-refractivity contribution in [1.29, 1.82) is 0 Å². The van der Waals surface area contributed by atoms with E-state index in [1.807, 2.05) is 6.92 Å². The highest BCUT2D eigenvalue weighted by Crippen LogP contribution is 2.13. The number of non-ortho nitro benzene ring substituents is 2. The third-order valence-corrected chi connectivity index (χ3v) is 4.45. The Morgan fingerprint density at radius 3 is 1.70 bits per heavy atom. The van der Waals surface area contributed by atoms with Gasteiger partial charge in [0.25, 0.3) is 23.2 Å². The Bertz CT molecular complexity index is 912. The van der Waals surface area contributed by atoms with E-state index >= 15 is 0 Å². The fourth-order valence-corrected chi connectivity index (χ4v) is 2.69. The topological polar surface area (TPSA) is 144 Å². The maximum atomic E-state index is 12.1. The minimum absolute atomic E-state index is 0.0730. The van der Waals surface area contributed by atoms with Gasteiger partial charge in [-0.05, 0) is 43.0 Å². The summed E-state index contributed by atoms with van der Waals surface area (Å²) in [5.74, 6) is -0.435. The second kappa shape index (κ2) is 10.6. The van der Waals surface area contributed by atoms with Gasteiger partial charge in [-0.3, -0.25) is 29.8 Å². The Morgan fingerprint density at radius 2 is 1.27 bits per heavy atom. The predicted octanol–water partition coefficient (Wildman–Crippen LogP) is 3.08. The average molecular weight is 414 g/mol. The maximum absolute atomic E-state index is 12.1. The van der Waals surface area contributed by atoms with Crippen molar-refractivity contribution in [3.05, 3.63) is 79.9 Å². The van der Waals surface area contributed by atoms with Crippen molar-refractivity contribution in [2.24, 2.45) is 5.92 Å². The first-order valence-corrected chi connectivity index (χ1v) is 9.33. The van der Waals surface area contributed by atoms with Crippen LogP contribution in [0.15, 0.2) is 48.5 Å². The minimum Gasteiger partial charge on any atom is -0.352 e. The van der Waals surface area contributed by atoms with Gasteiger partial charge in [0.1, 0.15) is 0 Å². The van der Waals surface area contributed by atoms with E-state index in [0.29, 0.717) is 30.6 Å². The number of hydrogen-bond acceptors (Lipinski definition) is 6. The van der Waals surface area contributed by atoms with E-state index in [4.69, 9.17) is 0 Å². The zero-order valence-corrected chi connectivity index (χ0v) is 16.4. The summed E-state index contributed by atoms with van der Waals surface area (Å²) in [5, 5.41) is 26.8. The van der Waals surface area contributed by atoms with E-state index in [2.05, 4.69) is 10.6 Å². The lowest BCUT2D eigenvalue weighted by Crippen LogP contribution is -2.29. The van der Waals surface area contributed by atoms with Crippen LogP contribution in [-0.2, 0) is 0 Å². The van der Waals surface area contributed by atoms with Crippen LogP contribution in [0.2, 0.25) is 0 Å². The zero-order valence-electron chi connectivity index (χ0n) is 16.4. The van der Waals surface area contributed by atoms with Crippen LogP contribution in [0.4, 0.5) is 11.4 Å². The number of benzene rings is 2. The van der Waals surface area contributed by atoms with Crippen LogP contribution in [0.1, 0.15) is 40.5 Å². The molecule has 0 heterocycles. The van der Waals surface area contributed by atoms with Gasteiger partial charge in [0.05, 0.1) is 9.85 Å². The van der Waals surface area contributed by atoms with E-state index in [-0.39, 0.29) is 29.1 Å². The molecule has 2 N–H and O–H groups in total. The molecule has 0 spiro atoms. The molecule has 0 saturated carbocycles. The molecule has 2 rings (SSSR count). The molecule has 158 valence electrons. The number of carbonyl (C=O) groups is 2. The van der Waals surface area contributed by atoms with E-state index in [1.54, 1.807) is 0 Å². The third-order valence-electron chi connectivity index (χ3n) is 4.45. The predicted molar refractivity (Wildman–Crippen MR) is 109 cm³/mol. The van der Waals surface area contributed by atoms with Crippen LogP contribution < -0.4 is 10.6 Å². The first kappa shape index (κ1) is 22.5. The zero-order chi connectivity index (χ0) is 22.1. The van der Waals surface area contributed by atoms with E-state index in [0.717, 1.165) is 6.42 Å². The number of nitro benzene ring substituents is 2. The molecular weight excluding hydrogens is 392 g/mol. The van der Waals surface area contributed by atoms with Crippen molar-refractivity contribution in [1.82, 2.24) is 10.6 Å².